The van der Waals surface area contributed by atoms with Gasteiger partial charge in [0.1, 0.15) is 23.7 Å². The average molecular weight is 805 g/mol. The van der Waals surface area contributed by atoms with Crippen LogP contribution in [0.3, 0.4) is 0 Å². The van der Waals surface area contributed by atoms with Gasteiger partial charge >= 0.3 is 6.09 Å². The summed E-state index contributed by atoms with van der Waals surface area (Å²) in [6.45, 7) is 3.66. The first-order valence-corrected chi connectivity index (χ1v) is 21.0. The van der Waals surface area contributed by atoms with Crippen LogP contribution in [0, 0.1) is 11.6 Å². The van der Waals surface area contributed by atoms with Gasteiger partial charge in [-0.25, -0.2) is 23.5 Å². The Hall–Kier alpha value is -5.18. The Labute approximate surface area is 341 Å². The number of piperidine rings is 4. The zero-order valence-corrected chi connectivity index (χ0v) is 32.8. The number of likely N-dealkylation sites (tertiary alicyclic amines) is 2. The molecule has 13 nitrogen and oxygen atoms in total. The van der Waals surface area contributed by atoms with Crippen LogP contribution < -0.4 is 20.9 Å². The number of anilines is 3. The van der Waals surface area contributed by atoms with Crippen LogP contribution in [0.5, 0.6) is 0 Å². The first kappa shape index (κ1) is 39.6. The molecular weight excluding hydrogens is 747 g/mol. The zero-order chi connectivity index (χ0) is 40.2. The number of imide groups is 1. The highest BCUT2D eigenvalue weighted by atomic mass is 19.1. The third-order valence-electron chi connectivity index (χ3n) is 12.6. The maximum Gasteiger partial charge on any atom is 0.410 e. The van der Waals surface area contributed by atoms with Crippen molar-refractivity contribution in [1.29, 1.82) is 0 Å². The zero-order valence-electron chi connectivity index (χ0n) is 32.8. The van der Waals surface area contributed by atoms with E-state index in [1.165, 1.54) is 12.3 Å². The van der Waals surface area contributed by atoms with Crippen LogP contribution in [0.4, 0.5) is 30.9 Å². The molecule has 4 amide bonds. The number of hydrogen-bond donors (Lipinski definition) is 3. The summed E-state index contributed by atoms with van der Waals surface area (Å²) in [5.74, 6) is -0.952. The van der Waals surface area contributed by atoms with E-state index in [1.54, 1.807) is 11.0 Å². The van der Waals surface area contributed by atoms with Gasteiger partial charge < -0.3 is 30.1 Å². The lowest BCUT2D eigenvalue weighted by Crippen LogP contribution is -2.49. The van der Waals surface area contributed by atoms with Crippen LogP contribution in [0.1, 0.15) is 99.2 Å². The number of amides is 4. The van der Waals surface area contributed by atoms with E-state index >= 15 is 4.39 Å². The van der Waals surface area contributed by atoms with Gasteiger partial charge in [-0.1, -0.05) is 18.2 Å². The van der Waals surface area contributed by atoms with Gasteiger partial charge in [0.05, 0.1) is 6.20 Å². The van der Waals surface area contributed by atoms with Crippen molar-refractivity contribution in [2.75, 3.05) is 48.3 Å². The quantitative estimate of drug-likeness (QED) is 0.191. The molecule has 4 aliphatic heterocycles. The molecule has 0 bridgehead atoms. The fourth-order valence-electron chi connectivity index (χ4n) is 9.23. The second-order valence-electron chi connectivity index (χ2n) is 16.4. The second kappa shape index (κ2) is 17.8. The summed E-state index contributed by atoms with van der Waals surface area (Å²) in [5.41, 5.74) is 2.73. The van der Waals surface area contributed by atoms with E-state index < -0.39 is 11.9 Å². The van der Waals surface area contributed by atoms with Crippen molar-refractivity contribution < 1.29 is 37.0 Å². The molecule has 1 unspecified atom stereocenters. The highest BCUT2D eigenvalue weighted by Gasteiger charge is 2.33. The maximum absolute atomic E-state index is 15.3. The summed E-state index contributed by atoms with van der Waals surface area (Å²) in [7, 11) is 0. The number of nitrogens with one attached hydrogen (secondary N) is 3. The van der Waals surface area contributed by atoms with Crippen molar-refractivity contribution in [2.24, 2.45) is 0 Å². The minimum Gasteiger partial charge on any atom is -0.446 e. The second-order valence-corrected chi connectivity index (χ2v) is 16.4. The molecule has 1 saturated carbocycles. The number of aromatic nitrogens is 2. The van der Waals surface area contributed by atoms with Crippen molar-refractivity contribution in [2.45, 2.75) is 114 Å². The molecule has 1 aromatic heterocycles. The first-order valence-electron chi connectivity index (χ1n) is 21.0. The lowest BCUT2D eigenvalue weighted by atomic mass is 9.87. The van der Waals surface area contributed by atoms with Crippen molar-refractivity contribution in [3.8, 4) is 11.3 Å². The molecular formula is C43H58F2N8O5. The van der Waals surface area contributed by atoms with Gasteiger partial charge in [-0.05, 0) is 119 Å². The summed E-state index contributed by atoms with van der Waals surface area (Å²) in [5, 5.41) is 8.74. The molecule has 8 rings (SSSR count). The van der Waals surface area contributed by atoms with Crippen LogP contribution in [0.2, 0.25) is 0 Å². The first-order chi connectivity index (χ1) is 28.2. The Balaban J connectivity index is 0.00000235. The molecule has 0 radical (unpaired) electrons. The molecule has 5 fully saturated rings. The van der Waals surface area contributed by atoms with Crippen LogP contribution >= 0.6 is 0 Å². The molecule has 2 aromatic carbocycles. The van der Waals surface area contributed by atoms with Gasteiger partial charge in [0.15, 0.2) is 5.82 Å². The average Bonchev–Trinajstić information content (AvgIpc) is 3.24. The molecule has 15 heteroatoms. The number of hydrogen-bond acceptors (Lipinski definition) is 10. The van der Waals surface area contributed by atoms with Crippen molar-refractivity contribution >= 4 is 41.1 Å². The van der Waals surface area contributed by atoms with Crippen molar-refractivity contribution in [1.82, 2.24) is 25.1 Å². The smallest absolute Gasteiger partial charge is 0.410 e. The number of carbonyl (C=O) groups is 4. The van der Waals surface area contributed by atoms with Gasteiger partial charge in [-0.3, -0.25) is 19.7 Å². The predicted octanol–water partition coefficient (Wildman–Crippen LogP) is 7.10. The number of benzene rings is 2. The molecule has 5 heterocycles. The number of carbonyl (C=O) groups excluding carboxylic acids is 4. The molecule has 4 saturated heterocycles. The summed E-state index contributed by atoms with van der Waals surface area (Å²) in [4.78, 5) is 64.0. The Morgan fingerprint density at radius 3 is 2.36 bits per heavy atom. The molecule has 3 aromatic rings. The third kappa shape index (κ3) is 9.24. The molecule has 3 N–H and O–H groups in total. The topological polar surface area (TPSA) is 149 Å². The monoisotopic (exact) mass is 804 g/mol. The number of ether oxygens (including phenoxy) is 1. The van der Waals surface area contributed by atoms with Gasteiger partial charge in [0.2, 0.25) is 23.7 Å². The molecule has 0 spiro atoms. The molecule has 1 aliphatic carbocycles. The number of rotatable bonds is 9. The highest BCUT2D eigenvalue weighted by Crippen LogP contribution is 2.34. The van der Waals surface area contributed by atoms with Gasteiger partial charge in [0, 0.05) is 65.8 Å². The summed E-state index contributed by atoms with van der Waals surface area (Å²) >= 11 is 0. The third-order valence-corrected chi connectivity index (χ3v) is 12.6. The van der Waals surface area contributed by atoms with E-state index in [4.69, 9.17) is 4.74 Å². The van der Waals surface area contributed by atoms with Crippen LogP contribution in [-0.4, -0.2) is 101 Å². The summed E-state index contributed by atoms with van der Waals surface area (Å²) in [6, 6.07) is 12.2. The largest absolute Gasteiger partial charge is 0.446 e. The Morgan fingerprint density at radius 2 is 1.62 bits per heavy atom. The number of nitrogens with zero attached hydrogens (tertiary/aromatic N) is 5. The molecule has 5 aliphatic rings. The Kier molecular flexibility index (Phi) is 12.1. The molecule has 1 atom stereocenters. The van der Waals surface area contributed by atoms with E-state index in [9.17, 15) is 23.6 Å². The van der Waals surface area contributed by atoms with Crippen molar-refractivity contribution in [3.63, 3.8) is 0 Å². The Bertz CT molecular complexity index is 2010. The van der Waals surface area contributed by atoms with E-state index in [0.717, 1.165) is 70.1 Å². The normalized spacial score (nSPS) is 24.0. The van der Waals surface area contributed by atoms with E-state index in [1.807, 2.05) is 35.2 Å². The fraction of sp³-hybridized carbons (Fsp3) is 0.535. The standard InChI is InChI=1S/C43H52F2N8O5.3H2/c44-35-25-30(47-37-13-14-38(54)49-41(37)56)9-12-34(35)27-15-20-51(21-16-27)31-17-22-52(23-18-31)43(57)58-33-10-7-29(8-11-33)48-42-46-26-36(45)40(50-42)28-4-3-5-32(24-28)53-19-2-1-6-39(53)55;;;/h3-5,9,12,24-27,29,31,33,37,47H,1-2,6-8,10-11,13-23H2,(H,46,48,50)(H,49,54,56);3*1H. The van der Waals surface area contributed by atoms with Crippen molar-refractivity contribution in [3.05, 3.63) is 65.9 Å². The Morgan fingerprint density at radius 1 is 0.828 bits per heavy atom. The van der Waals surface area contributed by atoms with E-state index in [2.05, 4.69) is 30.8 Å². The minimum atomic E-state index is -0.556. The molecule has 58 heavy (non-hydrogen) atoms. The van der Waals surface area contributed by atoms with Crippen LogP contribution in [0.15, 0.2) is 48.7 Å². The molecule has 314 valence electrons. The number of halogens is 2. The van der Waals surface area contributed by atoms with E-state index in [0.29, 0.717) is 74.1 Å². The summed E-state index contributed by atoms with van der Waals surface area (Å²) in [6.07, 6.45) is 10.1. The van der Waals surface area contributed by atoms with E-state index in [-0.39, 0.29) is 64.1 Å². The predicted molar refractivity (Wildman–Crippen MR) is 220 cm³/mol. The van der Waals surface area contributed by atoms with Gasteiger partial charge in [0.25, 0.3) is 0 Å². The van der Waals surface area contributed by atoms with Gasteiger partial charge in [-0.15, -0.1) is 0 Å². The summed E-state index contributed by atoms with van der Waals surface area (Å²) < 4.78 is 36.2. The minimum absolute atomic E-state index is 0. The van der Waals surface area contributed by atoms with Crippen LogP contribution in [0.25, 0.3) is 11.3 Å². The lowest BCUT2D eigenvalue weighted by molar-refractivity contribution is -0.133. The van der Waals surface area contributed by atoms with Gasteiger partial charge in [-0.2, -0.15) is 0 Å². The highest BCUT2D eigenvalue weighted by molar-refractivity contribution is 6.01. The SMILES string of the molecule is O=C1CCC(Nc2ccc(C3CCN(C4CCN(C(=O)OC5CCC(Nc6ncc(F)c(-c7cccc(N8CCCCC8=O)c7)n6)CC5)CC4)CC3)c(F)c2)C(=O)N1.[HH].[HH].[HH]. The maximum atomic E-state index is 15.3. The fourth-order valence-corrected chi connectivity index (χ4v) is 9.23. The van der Waals surface area contributed by atoms with Crippen LogP contribution in [-0.2, 0) is 19.1 Å². The lowest BCUT2D eigenvalue weighted by Gasteiger charge is -2.42.